The zero-order valence-corrected chi connectivity index (χ0v) is 31.4. The Morgan fingerprint density at radius 3 is 2.49 bits per heavy atom. The molecule has 2 aliphatic carbocycles. The summed E-state index contributed by atoms with van der Waals surface area (Å²) in [7, 11) is 0. The molecule has 11 rings (SSSR count). The number of benzene rings is 5. The fourth-order valence-corrected chi connectivity index (χ4v) is 9.90. The SMILES string of the molecule is C/C=C\C=C/Cc1ccc(-c2nc(-n3c4ccccc4c4c(-c5ccc6sc7c(c6c5)C=CCC7)cc5c6c(oc5c43)C=CCC6)nc3ccccc23)cc1. The molecule has 5 aromatic carbocycles. The molecule has 0 N–H and O–H groups in total. The van der Waals surface area contributed by atoms with E-state index in [1.54, 1.807) is 0 Å². The van der Waals surface area contributed by atoms with E-state index in [1.807, 2.05) is 24.3 Å². The topological polar surface area (TPSA) is 43.9 Å². The maximum absolute atomic E-state index is 6.90. The average Bonchev–Trinajstić information content (AvgIpc) is 3.91. The molecule has 4 aromatic heterocycles. The first kappa shape index (κ1) is 32.2. The van der Waals surface area contributed by atoms with Crippen molar-refractivity contribution in [3.05, 3.63) is 161 Å². The van der Waals surface area contributed by atoms with Crippen molar-refractivity contribution in [1.29, 1.82) is 0 Å². The Morgan fingerprint density at radius 1 is 0.764 bits per heavy atom. The van der Waals surface area contributed by atoms with Crippen molar-refractivity contribution in [2.45, 2.75) is 39.0 Å². The fourth-order valence-electron chi connectivity index (χ4n) is 8.71. The van der Waals surface area contributed by atoms with Gasteiger partial charge in [-0.05, 0) is 97.7 Å². The molecule has 0 fully saturated rings. The second-order valence-corrected chi connectivity index (χ2v) is 15.7. The maximum atomic E-state index is 6.90. The van der Waals surface area contributed by atoms with Crippen molar-refractivity contribution in [3.63, 3.8) is 0 Å². The highest BCUT2D eigenvalue weighted by Crippen LogP contribution is 2.47. The number of aryl methyl sites for hydroxylation is 2. The van der Waals surface area contributed by atoms with Gasteiger partial charge in [-0.1, -0.05) is 109 Å². The molecule has 9 aromatic rings. The molecule has 0 aliphatic heterocycles. The Balaban J connectivity index is 1.20. The molecule has 0 radical (unpaired) electrons. The molecule has 0 spiro atoms. The van der Waals surface area contributed by atoms with Crippen LogP contribution < -0.4 is 0 Å². The minimum Gasteiger partial charge on any atom is -0.454 e. The molecule has 55 heavy (non-hydrogen) atoms. The predicted octanol–water partition coefficient (Wildman–Crippen LogP) is 13.6. The van der Waals surface area contributed by atoms with Crippen LogP contribution in [-0.2, 0) is 19.3 Å². The van der Waals surface area contributed by atoms with Crippen LogP contribution in [0.3, 0.4) is 0 Å². The summed E-state index contributed by atoms with van der Waals surface area (Å²) in [5, 5.41) is 5.84. The summed E-state index contributed by atoms with van der Waals surface area (Å²) in [5.41, 5.74) is 12.2. The number of hydrogen-bond acceptors (Lipinski definition) is 4. The van der Waals surface area contributed by atoms with E-state index in [1.165, 1.54) is 48.2 Å². The summed E-state index contributed by atoms with van der Waals surface area (Å²) in [4.78, 5) is 12.3. The summed E-state index contributed by atoms with van der Waals surface area (Å²) < 4.78 is 10.5. The lowest BCUT2D eigenvalue weighted by Gasteiger charge is -2.13. The zero-order valence-electron chi connectivity index (χ0n) is 30.6. The molecule has 2 aliphatic rings. The van der Waals surface area contributed by atoms with Crippen molar-refractivity contribution >= 4 is 77.3 Å². The molecule has 4 nitrogen and oxygen atoms in total. The van der Waals surface area contributed by atoms with Crippen LogP contribution in [-0.4, -0.2) is 14.5 Å². The molecule has 0 saturated carbocycles. The maximum Gasteiger partial charge on any atom is 0.235 e. The highest BCUT2D eigenvalue weighted by Gasteiger charge is 2.27. The van der Waals surface area contributed by atoms with Gasteiger partial charge in [0, 0.05) is 47.6 Å². The Labute approximate surface area is 323 Å². The summed E-state index contributed by atoms with van der Waals surface area (Å²) in [6.45, 7) is 2.04. The number of furan rings is 1. The number of thiophene rings is 1. The van der Waals surface area contributed by atoms with E-state index in [0.717, 1.165) is 87.4 Å². The van der Waals surface area contributed by atoms with Gasteiger partial charge in [-0.3, -0.25) is 4.57 Å². The molecular weight excluding hydrogens is 691 g/mol. The number of aromatic nitrogens is 3. The minimum atomic E-state index is 0.633. The standard InChI is InChI=1S/C50H37N3OS/c1-2-3-4-5-14-31-23-25-32(26-24-31)47-36-17-6-10-19-41(36)51-50(52-47)53-42-20-11-7-18-37(42)46-38(30-40-34-15-8-12-21-43(34)54-49(40)48(46)53)33-27-28-45-39(29-33)35-16-9-13-22-44(35)55-45/h2-7,9-12,16-21,23-30H,8,13-15,22H2,1H3/b3-2-,5-4-. The Bertz CT molecular complexity index is 3130. The van der Waals surface area contributed by atoms with Gasteiger partial charge in [0.2, 0.25) is 5.95 Å². The first-order valence-corrected chi connectivity index (χ1v) is 20.1. The Kier molecular flexibility index (Phi) is 7.56. The number of fused-ring (bicyclic) bond motifs is 11. The molecule has 0 unspecified atom stereocenters. The van der Waals surface area contributed by atoms with Crippen LogP contribution >= 0.6 is 11.3 Å². The summed E-state index contributed by atoms with van der Waals surface area (Å²) >= 11 is 1.94. The molecule has 264 valence electrons. The van der Waals surface area contributed by atoms with E-state index >= 15 is 0 Å². The van der Waals surface area contributed by atoms with Crippen LogP contribution in [0.5, 0.6) is 0 Å². The average molecular weight is 728 g/mol. The van der Waals surface area contributed by atoms with Crippen molar-refractivity contribution in [2.75, 3.05) is 0 Å². The molecule has 0 amide bonds. The van der Waals surface area contributed by atoms with Gasteiger partial charge in [0.1, 0.15) is 11.3 Å². The van der Waals surface area contributed by atoms with Crippen LogP contribution in [0.2, 0.25) is 0 Å². The molecule has 5 heteroatoms. The van der Waals surface area contributed by atoms with Gasteiger partial charge in [-0.25, -0.2) is 9.97 Å². The first-order valence-electron chi connectivity index (χ1n) is 19.3. The monoisotopic (exact) mass is 727 g/mol. The normalized spacial score (nSPS) is 14.1. The lowest BCUT2D eigenvalue weighted by atomic mass is 9.93. The first-order chi connectivity index (χ1) is 27.2. The van der Waals surface area contributed by atoms with E-state index < -0.39 is 0 Å². The van der Waals surface area contributed by atoms with Crippen LogP contribution in [0.25, 0.3) is 94.2 Å². The minimum absolute atomic E-state index is 0.633. The number of hydrogen-bond donors (Lipinski definition) is 0. The fraction of sp³-hybridized carbons (Fsp3) is 0.120. The second-order valence-electron chi connectivity index (χ2n) is 14.6. The largest absolute Gasteiger partial charge is 0.454 e. The lowest BCUT2D eigenvalue weighted by molar-refractivity contribution is 0.597. The van der Waals surface area contributed by atoms with Crippen LogP contribution in [0, 0.1) is 0 Å². The van der Waals surface area contributed by atoms with E-state index in [0.29, 0.717) is 5.95 Å². The third kappa shape index (κ3) is 5.18. The van der Waals surface area contributed by atoms with Crippen molar-refractivity contribution < 1.29 is 4.42 Å². The summed E-state index contributed by atoms with van der Waals surface area (Å²) in [6, 6.07) is 35.3. The third-order valence-corrected chi connectivity index (χ3v) is 12.6. The van der Waals surface area contributed by atoms with Gasteiger partial charge in [0.15, 0.2) is 5.58 Å². The van der Waals surface area contributed by atoms with Crippen LogP contribution in [0.4, 0.5) is 0 Å². The molecule has 4 heterocycles. The Morgan fingerprint density at radius 2 is 1.58 bits per heavy atom. The van der Waals surface area contributed by atoms with E-state index in [4.69, 9.17) is 14.4 Å². The molecular formula is C50H37N3OS. The van der Waals surface area contributed by atoms with E-state index in [-0.39, 0.29) is 0 Å². The van der Waals surface area contributed by atoms with Gasteiger partial charge >= 0.3 is 0 Å². The zero-order chi connectivity index (χ0) is 36.5. The van der Waals surface area contributed by atoms with Crippen molar-refractivity contribution in [1.82, 2.24) is 14.5 Å². The number of nitrogens with zero attached hydrogens (tertiary/aromatic N) is 3. The van der Waals surface area contributed by atoms with E-state index in [9.17, 15) is 0 Å². The quantitative estimate of drug-likeness (QED) is 0.160. The van der Waals surface area contributed by atoms with Gasteiger partial charge in [-0.2, -0.15) is 0 Å². The van der Waals surface area contributed by atoms with Crippen molar-refractivity contribution in [2.24, 2.45) is 0 Å². The van der Waals surface area contributed by atoms with Crippen molar-refractivity contribution in [3.8, 4) is 28.3 Å². The highest BCUT2D eigenvalue weighted by molar-refractivity contribution is 7.19. The van der Waals surface area contributed by atoms with Gasteiger partial charge in [0.05, 0.1) is 16.7 Å². The van der Waals surface area contributed by atoms with Crippen LogP contribution in [0.1, 0.15) is 47.1 Å². The van der Waals surface area contributed by atoms with Gasteiger partial charge < -0.3 is 4.42 Å². The molecule has 0 bridgehead atoms. The smallest absolute Gasteiger partial charge is 0.235 e. The number of allylic oxidation sites excluding steroid dienone is 6. The van der Waals surface area contributed by atoms with Gasteiger partial charge in [-0.15, -0.1) is 11.3 Å². The predicted molar refractivity (Wildman–Crippen MR) is 232 cm³/mol. The lowest BCUT2D eigenvalue weighted by Crippen LogP contribution is -2.03. The van der Waals surface area contributed by atoms with Gasteiger partial charge in [0.25, 0.3) is 0 Å². The highest BCUT2D eigenvalue weighted by atomic mass is 32.1. The molecule has 0 saturated heterocycles. The Hall–Kier alpha value is -6.30. The number of para-hydroxylation sites is 2. The summed E-state index contributed by atoms with van der Waals surface area (Å²) in [5.74, 6) is 1.58. The third-order valence-electron chi connectivity index (χ3n) is 11.3. The number of rotatable bonds is 6. The molecule has 0 atom stereocenters. The van der Waals surface area contributed by atoms with E-state index in [2.05, 4.69) is 144 Å². The summed E-state index contributed by atoms with van der Waals surface area (Å²) in [6.07, 6.45) is 22.5. The van der Waals surface area contributed by atoms with Crippen LogP contribution in [0.15, 0.2) is 138 Å². The second kappa shape index (κ2) is 12.9.